The molecule has 0 spiro atoms. The number of benzene rings is 3. The lowest BCUT2D eigenvalue weighted by Gasteiger charge is -2.29. The first-order valence-corrected chi connectivity index (χ1v) is 13.3. The van der Waals surface area contributed by atoms with E-state index in [-0.39, 0.29) is 11.9 Å². The van der Waals surface area contributed by atoms with Gasteiger partial charge in [0.05, 0.1) is 17.4 Å². The first kappa shape index (κ1) is 25.4. The van der Waals surface area contributed by atoms with E-state index in [0.717, 1.165) is 29.9 Å². The van der Waals surface area contributed by atoms with Gasteiger partial charge < -0.3 is 15.5 Å². The summed E-state index contributed by atoms with van der Waals surface area (Å²) >= 11 is 12.0. The highest BCUT2D eigenvalue weighted by atomic mass is 35.5. The van der Waals surface area contributed by atoms with Gasteiger partial charge in [-0.25, -0.2) is 4.99 Å². The van der Waals surface area contributed by atoms with E-state index in [1.165, 1.54) is 18.4 Å². The molecular formula is C29H30ClN5OS. The normalized spacial score (nSPS) is 18.5. The number of rotatable bonds is 6. The van der Waals surface area contributed by atoms with Crippen molar-refractivity contribution in [1.29, 1.82) is 0 Å². The number of thiocarbonyl (C=S) groups is 1. The Hall–Kier alpha value is -3.26. The predicted molar refractivity (Wildman–Crippen MR) is 154 cm³/mol. The molecule has 1 fully saturated rings. The van der Waals surface area contributed by atoms with Crippen molar-refractivity contribution in [3.8, 4) is 0 Å². The van der Waals surface area contributed by atoms with E-state index in [2.05, 4.69) is 39.8 Å². The number of nitrogens with one attached hydrogen (secondary N) is 2. The zero-order chi connectivity index (χ0) is 25.8. The number of hydrogen-bond donors (Lipinski definition) is 2. The lowest BCUT2D eigenvalue weighted by atomic mass is 10.0. The van der Waals surface area contributed by atoms with Gasteiger partial charge in [-0.1, -0.05) is 72.3 Å². The Morgan fingerprint density at radius 2 is 1.73 bits per heavy atom. The molecule has 2 atom stereocenters. The van der Waals surface area contributed by atoms with Crippen molar-refractivity contribution in [2.45, 2.75) is 25.0 Å². The second-order valence-electron chi connectivity index (χ2n) is 9.33. The summed E-state index contributed by atoms with van der Waals surface area (Å²) in [7, 11) is 1.75. The maximum absolute atomic E-state index is 13.5. The minimum absolute atomic E-state index is 0.196. The highest BCUT2D eigenvalue weighted by Gasteiger charge is 2.31. The lowest BCUT2D eigenvalue weighted by molar-refractivity contribution is -0.119. The molecule has 0 bridgehead atoms. The summed E-state index contributed by atoms with van der Waals surface area (Å²) in [5.74, 6) is -0.196. The molecular weight excluding hydrogens is 502 g/mol. The maximum Gasteiger partial charge on any atom is 0.272 e. The number of carbonyl (C=O) groups excluding carboxylic acids is 1. The van der Waals surface area contributed by atoms with Crippen molar-refractivity contribution in [3.05, 3.63) is 101 Å². The summed E-state index contributed by atoms with van der Waals surface area (Å²) < 4.78 is 0. The van der Waals surface area contributed by atoms with Crippen molar-refractivity contribution in [2.24, 2.45) is 4.99 Å². The van der Waals surface area contributed by atoms with Gasteiger partial charge in [0.25, 0.3) is 5.91 Å². The summed E-state index contributed by atoms with van der Waals surface area (Å²) in [4.78, 5) is 22.5. The Labute approximate surface area is 228 Å². The van der Waals surface area contributed by atoms with Crippen molar-refractivity contribution in [2.75, 3.05) is 31.6 Å². The number of likely N-dealkylation sites (N-methyl/N-ethyl adjacent to an activating group) is 1. The third kappa shape index (κ3) is 5.69. The summed E-state index contributed by atoms with van der Waals surface area (Å²) in [6.45, 7) is 2.77. The molecule has 2 aliphatic rings. The van der Waals surface area contributed by atoms with Crippen LogP contribution >= 0.6 is 23.8 Å². The average molecular weight is 532 g/mol. The molecule has 2 unspecified atom stereocenters. The molecule has 0 aromatic heterocycles. The summed E-state index contributed by atoms with van der Waals surface area (Å²) in [5, 5.41) is 7.52. The molecule has 37 heavy (non-hydrogen) atoms. The summed E-state index contributed by atoms with van der Waals surface area (Å²) in [6, 6.07) is 26.0. The molecule has 5 rings (SSSR count). The molecule has 0 aliphatic carbocycles. The van der Waals surface area contributed by atoms with Crippen molar-refractivity contribution in [1.82, 2.24) is 15.5 Å². The fourth-order valence-electron chi connectivity index (χ4n) is 5.02. The number of amides is 1. The number of aliphatic imine (C=N–C) groups is 1. The number of halogens is 1. The van der Waals surface area contributed by atoms with E-state index >= 15 is 0 Å². The summed E-state index contributed by atoms with van der Waals surface area (Å²) in [5.41, 5.74) is 4.39. The number of likely N-dealkylation sites (tertiary alicyclic amines) is 1. The fraction of sp³-hybridized carbons (Fsp3) is 0.276. The molecule has 8 heteroatoms. The third-order valence-electron chi connectivity index (χ3n) is 6.93. The molecule has 2 N–H and O–H groups in total. The molecule has 2 heterocycles. The van der Waals surface area contributed by atoms with Crippen LogP contribution in [0.1, 0.15) is 35.6 Å². The lowest BCUT2D eigenvalue weighted by Crippen LogP contribution is -2.50. The molecule has 0 saturated carbocycles. The van der Waals surface area contributed by atoms with E-state index in [1.54, 1.807) is 18.0 Å². The van der Waals surface area contributed by atoms with Crippen LogP contribution in [-0.2, 0) is 4.79 Å². The second-order valence-corrected chi connectivity index (χ2v) is 10.2. The Morgan fingerprint density at radius 3 is 2.43 bits per heavy atom. The standard InChI is InChI=1S/C29H30ClN5OS/c1-34-24-15-14-22(30)18-23(24)26(21-12-6-3-7-13-21)32-27(28(34)36)33-29(37)31-19-25(35-16-8-9-17-35)20-10-4-2-5-11-20/h2-7,10-15,18,25,27H,8-9,16-17,19H2,1H3,(H2,31,33,37). The smallest absolute Gasteiger partial charge is 0.272 e. The highest BCUT2D eigenvalue weighted by molar-refractivity contribution is 7.80. The van der Waals surface area contributed by atoms with Gasteiger partial charge in [0.15, 0.2) is 5.11 Å². The van der Waals surface area contributed by atoms with Crippen molar-refractivity contribution >= 4 is 46.2 Å². The van der Waals surface area contributed by atoms with Crippen molar-refractivity contribution < 1.29 is 4.79 Å². The fourth-order valence-corrected chi connectivity index (χ4v) is 5.38. The molecule has 2 aliphatic heterocycles. The first-order chi connectivity index (χ1) is 18.0. The van der Waals surface area contributed by atoms with Gasteiger partial charge in [0.1, 0.15) is 0 Å². The zero-order valence-electron chi connectivity index (χ0n) is 20.7. The molecule has 6 nitrogen and oxygen atoms in total. The quantitative estimate of drug-likeness (QED) is 0.448. The van der Waals surface area contributed by atoms with Gasteiger partial charge in [-0.2, -0.15) is 0 Å². The SMILES string of the molecule is CN1C(=O)C(NC(=S)NCC(c2ccccc2)N2CCCC2)N=C(c2ccccc2)c2cc(Cl)ccc21. The van der Waals surface area contributed by atoms with Crippen LogP contribution in [0, 0.1) is 0 Å². The Balaban J connectivity index is 1.39. The largest absolute Gasteiger partial charge is 0.361 e. The molecule has 0 radical (unpaired) electrons. The molecule has 1 saturated heterocycles. The molecule has 3 aromatic rings. The number of benzodiazepines with no additional fused rings is 1. The van der Waals surface area contributed by atoms with Crippen LogP contribution < -0.4 is 15.5 Å². The van der Waals surface area contributed by atoms with Crippen LogP contribution in [0.2, 0.25) is 5.02 Å². The number of hydrogen-bond acceptors (Lipinski definition) is 4. The number of anilines is 1. The molecule has 3 aromatic carbocycles. The Bertz CT molecular complexity index is 1290. The van der Waals surface area contributed by atoms with Crippen LogP contribution in [-0.4, -0.2) is 54.5 Å². The van der Waals surface area contributed by atoms with E-state index < -0.39 is 6.17 Å². The first-order valence-electron chi connectivity index (χ1n) is 12.6. The van der Waals surface area contributed by atoms with Gasteiger partial charge >= 0.3 is 0 Å². The minimum Gasteiger partial charge on any atom is -0.361 e. The van der Waals surface area contributed by atoms with Gasteiger partial charge in [-0.15, -0.1) is 0 Å². The topological polar surface area (TPSA) is 60.0 Å². The van der Waals surface area contributed by atoms with Crippen molar-refractivity contribution in [3.63, 3.8) is 0 Å². The Morgan fingerprint density at radius 1 is 1.05 bits per heavy atom. The van der Waals surface area contributed by atoms with Crippen LogP contribution in [0.15, 0.2) is 83.9 Å². The van der Waals surface area contributed by atoms with Crippen LogP contribution in [0.25, 0.3) is 0 Å². The predicted octanol–water partition coefficient (Wildman–Crippen LogP) is 4.78. The van der Waals surface area contributed by atoms with Gasteiger partial charge in [0, 0.05) is 29.7 Å². The Kier molecular flexibility index (Phi) is 7.84. The average Bonchev–Trinajstić information content (AvgIpc) is 3.43. The number of nitrogens with zero attached hydrogens (tertiary/aromatic N) is 3. The van der Waals surface area contributed by atoms with Gasteiger partial charge in [-0.3, -0.25) is 9.69 Å². The van der Waals surface area contributed by atoms with Gasteiger partial charge in [0.2, 0.25) is 6.17 Å². The van der Waals surface area contributed by atoms with Gasteiger partial charge in [-0.05, 0) is 61.9 Å². The van der Waals surface area contributed by atoms with Crippen LogP contribution in [0.5, 0.6) is 0 Å². The van der Waals surface area contributed by atoms with E-state index in [0.29, 0.717) is 22.4 Å². The minimum atomic E-state index is -0.881. The van der Waals surface area contributed by atoms with E-state index in [4.69, 9.17) is 28.8 Å². The number of carbonyl (C=O) groups is 1. The third-order valence-corrected chi connectivity index (χ3v) is 7.43. The van der Waals surface area contributed by atoms with Crippen LogP contribution in [0.3, 0.4) is 0 Å². The maximum atomic E-state index is 13.5. The zero-order valence-corrected chi connectivity index (χ0v) is 22.3. The van der Waals surface area contributed by atoms with Crippen LogP contribution in [0.4, 0.5) is 5.69 Å². The van der Waals surface area contributed by atoms with E-state index in [9.17, 15) is 4.79 Å². The van der Waals surface area contributed by atoms with E-state index in [1.807, 2.05) is 48.5 Å². The number of fused-ring (bicyclic) bond motifs is 1. The monoisotopic (exact) mass is 531 g/mol. The summed E-state index contributed by atoms with van der Waals surface area (Å²) in [6.07, 6.45) is 1.53. The highest BCUT2D eigenvalue weighted by Crippen LogP contribution is 2.30. The molecule has 190 valence electrons. The molecule has 1 amide bonds. The second kappa shape index (κ2) is 11.4.